The van der Waals surface area contributed by atoms with E-state index in [-0.39, 0.29) is 16.6 Å². The number of rotatable bonds is 4. The van der Waals surface area contributed by atoms with E-state index in [2.05, 4.69) is 4.98 Å². The van der Waals surface area contributed by atoms with Crippen LogP contribution in [0.5, 0.6) is 0 Å². The molecule has 1 aromatic carbocycles. The summed E-state index contributed by atoms with van der Waals surface area (Å²) >= 11 is 0. The van der Waals surface area contributed by atoms with Gasteiger partial charge in [-0.25, -0.2) is 18.5 Å². The Bertz CT molecular complexity index is 853. The van der Waals surface area contributed by atoms with E-state index in [4.69, 9.17) is 5.14 Å². The van der Waals surface area contributed by atoms with Crippen LogP contribution in [-0.4, -0.2) is 18.0 Å². The summed E-state index contributed by atoms with van der Waals surface area (Å²) in [5.74, 6) is -0.159. The van der Waals surface area contributed by atoms with E-state index in [9.17, 15) is 21.6 Å². The fraction of sp³-hybridized carbons (Fsp3) is 0.267. The van der Waals surface area contributed by atoms with Crippen LogP contribution in [0.3, 0.4) is 0 Å². The molecule has 0 amide bonds. The molecule has 0 saturated carbocycles. The van der Waals surface area contributed by atoms with E-state index in [1.54, 1.807) is 26.0 Å². The molecule has 0 aliphatic rings. The summed E-state index contributed by atoms with van der Waals surface area (Å²) in [6.45, 7) is 3.48. The second-order valence-electron chi connectivity index (χ2n) is 5.21. The van der Waals surface area contributed by atoms with E-state index in [1.807, 2.05) is 0 Å². The third-order valence-corrected chi connectivity index (χ3v) is 4.28. The number of aromatic nitrogens is 2. The second kappa shape index (κ2) is 6.40. The molecule has 1 unspecified atom stereocenters. The summed E-state index contributed by atoms with van der Waals surface area (Å²) in [6.07, 6.45) is -0.240. The molecular formula is C15H16F3N3O2S. The number of imidazole rings is 1. The Labute approximate surface area is 137 Å². The highest BCUT2D eigenvalue weighted by molar-refractivity contribution is 7.89. The van der Waals surface area contributed by atoms with Gasteiger partial charge >= 0.3 is 6.18 Å². The first-order chi connectivity index (χ1) is 11.0. The summed E-state index contributed by atoms with van der Waals surface area (Å²) < 4.78 is 62.8. The number of alkyl halides is 3. The van der Waals surface area contributed by atoms with Gasteiger partial charge in [0, 0.05) is 17.8 Å². The molecule has 0 aliphatic carbocycles. The van der Waals surface area contributed by atoms with Gasteiger partial charge in [-0.2, -0.15) is 13.2 Å². The molecule has 9 heteroatoms. The third-order valence-electron chi connectivity index (χ3n) is 3.36. The van der Waals surface area contributed by atoms with Gasteiger partial charge < -0.3 is 4.57 Å². The van der Waals surface area contributed by atoms with Crippen molar-refractivity contribution in [1.29, 1.82) is 0 Å². The van der Waals surface area contributed by atoms with Gasteiger partial charge in [0.2, 0.25) is 10.0 Å². The van der Waals surface area contributed by atoms with Crippen LogP contribution in [0.25, 0.3) is 5.69 Å². The summed E-state index contributed by atoms with van der Waals surface area (Å²) in [5.41, 5.74) is -0.652. The van der Waals surface area contributed by atoms with Crippen LogP contribution in [0.4, 0.5) is 13.2 Å². The maximum atomic E-state index is 13.0. The fourth-order valence-electron chi connectivity index (χ4n) is 2.23. The highest BCUT2D eigenvalue weighted by atomic mass is 32.2. The Kier molecular flexibility index (Phi) is 4.86. The minimum atomic E-state index is -4.57. The lowest BCUT2D eigenvalue weighted by molar-refractivity contribution is -0.141. The van der Waals surface area contributed by atoms with Crippen molar-refractivity contribution in [3.8, 4) is 5.69 Å². The van der Waals surface area contributed by atoms with E-state index >= 15 is 0 Å². The van der Waals surface area contributed by atoms with Crippen molar-refractivity contribution >= 4 is 10.0 Å². The Balaban J connectivity index is 2.57. The number of allylic oxidation sites excluding steroid dienone is 2. The second-order valence-corrected chi connectivity index (χ2v) is 6.77. The molecule has 0 radical (unpaired) electrons. The van der Waals surface area contributed by atoms with Crippen LogP contribution in [0.15, 0.2) is 47.5 Å². The number of hydrogen-bond donors (Lipinski definition) is 1. The molecule has 2 rings (SSSR count). The molecule has 1 heterocycles. The van der Waals surface area contributed by atoms with Gasteiger partial charge in [0.05, 0.1) is 4.90 Å². The highest BCUT2D eigenvalue weighted by Crippen LogP contribution is 2.31. The highest BCUT2D eigenvalue weighted by Gasteiger charge is 2.35. The monoisotopic (exact) mass is 359 g/mol. The van der Waals surface area contributed by atoms with Gasteiger partial charge in [-0.05, 0) is 31.2 Å². The van der Waals surface area contributed by atoms with Gasteiger partial charge in [0.15, 0.2) is 5.69 Å². The molecule has 24 heavy (non-hydrogen) atoms. The Morgan fingerprint density at radius 1 is 1.25 bits per heavy atom. The van der Waals surface area contributed by atoms with E-state index in [0.717, 1.165) is 6.20 Å². The number of benzene rings is 1. The van der Waals surface area contributed by atoms with Gasteiger partial charge in [0.25, 0.3) is 0 Å². The lowest BCUT2D eigenvalue weighted by atomic mass is 10.1. The summed E-state index contributed by atoms with van der Waals surface area (Å²) in [7, 11) is -3.87. The first kappa shape index (κ1) is 18.2. The lowest BCUT2D eigenvalue weighted by Gasteiger charge is -2.11. The van der Waals surface area contributed by atoms with Crippen molar-refractivity contribution in [3.63, 3.8) is 0 Å². The topological polar surface area (TPSA) is 78.0 Å². The predicted molar refractivity (Wildman–Crippen MR) is 83.2 cm³/mol. The van der Waals surface area contributed by atoms with Crippen LogP contribution in [0.2, 0.25) is 0 Å². The first-order valence-electron chi connectivity index (χ1n) is 6.96. The van der Waals surface area contributed by atoms with E-state index < -0.39 is 21.9 Å². The molecule has 2 N–H and O–H groups in total. The molecule has 0 fully saturated rings. The summed E-state index contributed by atoms with van der Waals surface area (Å²) in [4.78, 5) is 3.57. The van der Waals surface area contributed by atoms with Gasteiger partial charge in [-0.3, -0.25) is 0 Å². The molecular weight excluding hydrogens is 343 g/mol. The van der Waals surface area contributed by atoms with E-state index in [0.29, 0.717) is 5.69 Å². The molecule has 1 atom stereocenters. The van der Waals surface area contributed by atoms with Crippen LogP contribution in [0.1, 0.15) is 31.3 Å². The maximum absolute atomic E-state index is 13.0. The number of hydrogen-bond acceptors (Lipinski definition) is 3. The minimum absolute atomic E-state index is 0.120. The molecule has 130 valence electrons. The number of halogens is 3. The Morgan fingerprint density at radius 2 is 1.83 bits per heavy atom. The SMILES string of the molecule is C/C=C/C(C)c1nc(C(F)(F)F)cn1-c1ccc(S(N)(=O)=O)cc1. The van der Waals surface area contributed by atoms with Crippen molar-refractivity contribution in [3.05, 3.63) is 54.1 Å². The number of nitrogens with two attached hydrogens (primary N) is 1. The maximum Gasteiger partial charge on any atom is 0.434 e. The molecule has 2 aromatic rings. The number of nitrogens with zero attached hydrogens (tertiary/aromatic N) is 2. The number of primary sulfonamides is 1. The van der Waals surface area contributed by atoms with Crippen LogP contribution in [0, 0.1) is 0 Å². The van der Waals surface area contributed by atoms with E-state index in [1.165, 1.54) is 28.8 Å². The van der Waals surface area contributed by atoms with Gasteiger partial charge in [-0.15, -0.1) is 0 Å². The average Bonchev–Trinajstić information content (AvgIpc) is 2.92. The normalized spacial score (nSPS) is 14.2. The first-order valence-corrected chi connectivity index (χ1v) is 8.51. The van der Waals surface area contributed by atoms with Gasteiger partial charge in [0.1, 0.15) is 5.82 Å². The Hall–Kier alpha value is -2.13. The van der Waals surface area contributed by atoms with Crippen molar-refractivity contribution in [2.45, 2.75) is 30.8 Å². The zero-order chi connectivity index (χ0) is 18.1. The quantitative estimate of drug-likeness (QED) is 0.852. The Morgan fingerprint density at radius 3 is 2.29 bits per heavy atom. The zero-order valence-corrected chi connectivity index (χ0v) is 13.8. The molecule has 0 spiro atoms. The van der Waals surface area contributed by atoms with Crippen LogP contribution in [-0.2, 0) is 16.2 Å². The zero-order valence-electron chi connectivity index (χ0n) is 12.9. The fourth-order valence-corrected chi connectivity index (χ4v) is 2.75. The standard InChI is InChI=1S/C15H16F3N3O2S/c1-3-4-10(2)14-20-13(15(16,17)18)9-21(14)11-5-7-12(8-6-11)24(19,22)23/h3-10H,1-2H3,(H2,19,22,23)/b4-3+. The molecule has 0 aliphatic heterocycles. The smallest absolute Gasteiger partial charge is 0.303 e. The van der Waals surface area contributed by atoms with Crippen molar-refractivity contribution in [2.75, 3.05) is 0 Å². The summed E-state index contributed by atoms with van der Waals surface area (Å²) in [6, 6.07) is 5.24. The van der Waals surface area contributed by atoms with Crippen molar-refractivity contribution < 1.29 is 21.6 Å². The number of sulfonamides is 1. The third kappa shape index (κ3) is 3.85. The van der Waals surface area contributed by atoms with Crippen molar-refractivity contribution in [2.24, 2.45) is 5.14 Å². The molecule has 5 nitrogen and oxygen atoms in total. The van der Waals surface area contributed by atoms with Crippen LogP contribution >= 0.6 is 0 Å². The molecule has 0 bridgehead atoms. The largest absolute Gasteiger partial charge is 0.434 e. The lowest BCUT2D eigenvalue weighted by Crippen LogP contribution is -2.12. The van der Waals surface area contributed by atoms with Crippen molar-refractivity contribution in [1.82, 2.24) is 9.55 Å². The van der Waals surface area contributed by atoms with Crippen LogP contribution < -0.4 is 5.14 Å². The molecule has 0 saturated heterocycles. The average molecular weight is 359 g/mol. The van der Waals surface area contributed by atoms with Gasteiger partial charge in [-0.1, -0.05) is 19.1 Å². The molecule has 1 aromatic heterocycles. The minimum Gasteiger partial charge on any atom is -0.303 e. The summed E-state index contributed by atoms with van der Waals surface area (Å²) in [5, 5.41) is 5.02. The predicted octanol–water partition coefficient (Wildman–Crippen LogP) is 3.22.